The SMILES string of the molecule is CCC(C)C(=O)O.Cc1nc2cc(C=CCS(=O)(=O)n3ccc4cc(C(F)(F)F)ccc43)ccc2s1. The van der Waals surface area contributed by atoms with E-state index in [1.807, 2.05) is 32.0 Å². The minimum atomic E-state index is -4.48. The van der Waals surface area contributed by atoms with Gasteiger partial charge in [-0.15, -0.1) is 11.3 Å². The maximum atomic E-state index is 12.8. The molecule has 192 valence electrons. The number of carboxylic acids is 1. The topological polar surface area (TPSA) is 89.3 Å². The highest BCUT2D eigenvalue weighted by Gasteiger charge is 2.30. The van der Waals surface area contributed by atoms with Crippen molar-refractivity contribution in [1.29, 1.82) is 0 Å². The van der Waals surface area contributed by atoms with Crippen molar-refractivity contribution in [1.82, 2.24) is 8.96 Å². The molecular formula is C25H25F3N2O4S2. The van der Waals surface area contributed by atoms with Crippen molar-refractivity contribution >= 4 is 54.5 Å². The summed E-state index contributed by atoms with van der Waals surface area (Å²) in [4.78, 5) is 14.3. The molecule has 0 bridgehead atoms. The van der Waals surface area contributed by atoms with Gasteiger partial charge in [-0.1, -0.05) is 32.1 Å². The molecule has 0 radical (unpaired) electrons. The summed E-state index contributed by atoms with van der Waals surface area (Å²) >= 11 is 1.59. The molecule has 0 saturated carbocycles. The molecule has 0 aliphatic heterocycles. The van der Waals surface area contributed by atoms with Gasteiger partial charge in [0.25, 0.3) is 0 Å². The van der Waals surface area contributed by atoms with Crippen LogP contribution in [0, 0.1) is 12.8 Å². The Labute approximate surface area is 210 Å². The van der Waals surface area contributed by atoms with Crippen LogP contribution in [0.15, 0.2) is 54.7 Å². The molecule has 2 heterocycles. The summed E-state index contributed by atoms with van der Waals surface area (Å²) < 4.78 is 66.0. The van der Waals surface area contributed by atoms with Crippen LogP contribution in [0.2, 0.25) is 0 Å². The Balaban J connectivity index is 0.000000454. The normalized spacial score (nSPS) is 13.2. The van der Waals surface area contributed by atoms with E-state index in [0.717, 1.165) is 43.3 Å². The maximum absolute atomic E-state index is 12.8. The first-order chi connectivity index (χ1) is 16.8. The lowest BCUT2D eigenvalue weighted by atomic mass is 10.1. The van der Waals surface area contributed by atoms with E-state index in [1.54, 1.807) is 24.3 Å². The summed E-state index contributed by atoms with van der Waals surface area (Å²) in [5.74, 6) is -1.17. The molecule has 1 unspecified atom stereocenters. The van der Waals surface area contributed by atoms with Gasteiger partial charge in [-0.3, -0.25) is 4.79 Å². The maximum Gasteiger partial charge on any atom is 0.416 e. The highest BCUT2D eigenvalue weighted by Crippen LogP contribution is 2.32. The number of hydrogen-bond acceptors (Lipinski definition) is 5. The Kier molecular flexibility index (Phi) is 8.25. The lowest BCUT2D eigenvalue weighted by molar-refractivity contribution is -0.141. The predicted octanol–water partition coefficient (Wildman–Crippen LogP) is 6.59. The number of thiazole rings is 1. The number of halogens is 3. The molecule has 2 aromatic carbocycles. The van der Waals surface area contributed by atoms with Gasteiger partial charge in [-0.25, -0.2) is 17.4 Å². The van der Waals surface area contributed by atoms with Crippen LogP contribution in [0.4, 0.5) is 13.2 Å². The standard InChI is InChI=1S/C20H15F3N2O2S2.C5H10O2/c1-13-24-17-11-14(4-7-19(17)28-13)3-2-10-29(26,27)25-9-8-15-12-16(20(21,22)23)5-6-18(15)25;1-3-4(2)5(6)7/h2-9,11-12H,10H2,1H3;4H,3H2,1-2H3,(H,6,7). The number of fused-ring (bicyclic) bond motifs is 2. The number of aliphatic carboxylic acids is 1. The van der Waals surface area contributed by atoms with Crippen molar-refractivity contribution in [3.63, 3.8) is 0 Å². The fraction of sp³-hybridized carbons (Fsp3) is 0.280. The van der Waals surface area contributed by atoms with Crippen molar-refractivity contribution in [3.8, 4) is 0 Å². The first-order valence-electron chi connectivity index (χ1n) is 11.0. The number of hydrogen-bond donors (Lipinski definition) is 1. The zero-order valence-corrected chi connectivity index (χ0v) is 21.4. The number of benzene rings is 2. The average molecular weight is 539 g/mol. The molecule has 6 nitrogen and oxygen atoms in total. The summed E-state index contributed by atoms with van der Waals surface area (Å²) in [6, 6.07) is 10.1. The highest BCUT2D eigenvalue weighted by atomic mass is 32.2. The molecule has 0 aliphatic rings. The molecule has 11 heteroatoms. The van der Waals surface area contributed by atoms with E-state index < -0.39 is 27.7 Å². The van der Waals surface area contributed by atoms with Gasteiger partial charge in [0.05, 0.1) is 38.0 Å². The van der Waals surface area contributed by atoms with Gasteiger partial charge < -0.3 is 5.11 Å². The summed E-state index contributed by atoms with van der Waals surface area (Å²) in [6.45, 7) is 5.48. The molecule has 0 saturated heterocycles. The summed E-state index contributed by atoms with van der Waals surface area (Å²) in [5, 5.41) is 9.36. The van der Waals surface area contributed by atoms with Crippen LogP contribution in [-0.2, 0) is 21.0 Å². The van der Waals surface area contributed by atoms with Crippen LogP contribution in [0.3, 0.4) is 0 Å². The smallest absolute Gasteiger partial charge is 0.416 e. The summed E-state index contributed by atoms with van der Waals surface area (Å²) in [6.07, 6.45) is 0.729. The molecule has 0 spiro atoms. The lowest BCUT2D eigenvalue weighted by Gasteiger charge is -2.08. The fourth-order valence-electron chi connectivity index (χ4n) is 3.26. The van der Waals surface area contributed by atoms with E-state index in [1.165, 1.54) is 24.4 Å². The van der Waals surface area contributed by atoms with E-state index in [2.05, 4.69) is 4.98 Å². The fourth-order valence-corrected chi connectivity index (χ4v) is 5.28. The minimum absolute atomic E-state index is 0.181. The summed E-state index contributed by atoms with van der Waals surface area (Å²) in [7, 11) is -3.77. The van der Waals surface area contributed by atoms with E-state index >= 15 is 0 Å². The van der Waals surface area contributed by atoms with Gasteiger partial charge in [0.2, 0.25) is 10.0 Å². The van der Waals surface area contributed by atoms with Crippen LogP contribution < -0.4 is 0 Å². The van der Waals surface area contributed by atoms with Crippen LogP contribution >= 0.6 is 11.3 Å². The zero-order chi connectivity index (χ0) is 26.7. The van der Waals surface area contributed by atoms with Crippen LogP contribution in [0.5, 0.6) is 0 Å². The Hall–Kier alpha value is -3.18. The number of carboxylic acid groups (broad SMARTS) is 1. The minimum Gasteiger partial charge on any atom is -0.481 e. The monoisotopic (exact) mass is 538 g/mol. The number of aryl methyl sites for hydroxylation is 1. The van der Waals surface area contributed by atoms with Crippen molar-refractivity contribution in [3.05, 3.63) is 70.9 Å². The lowest BCUT2D eigenvalue weighted by Crippen LogP contribution is -2.14. The third-order valence-corrected chi connectivity index (χ3v) is 7.93. The Morgan fingerprint density at radius 2 is 1.92 bits per heavy atom. The van der Waals surface area contributed by atoms with Gasteiger partial charge in [0, 0.05) is 11.6 Å². The number of rotatable bonds is 6. The van der Waals surface area contributed by atoms with Crippen molar-refractivity contribution in [2.24, 2.45) is 5.92 Å². The molecular weight excluding hydrogens is 513 g/mol. The van der Waals surface area contributed by atoms with Crippen LogP contribution in [0.1, 0.15) is 36.4 Å². The molecule has 4 aromatic rings. The third-order valence-electron chi connectivity index (χ3n) is 5.45. The molecule has 0 fully saturated rings. The third kappa shape index (κ3) is 6.52. The average Bonchev–Trinajstić information content (AvgIpc) is 3.40. The van der Waals surface area contributed by atoms with E-state index in [0.29, 0.717) is 0 Å². The second kappa shape index (κ2) is 10.8. The van der Waals surface area contributed by atoms with Gasteiger partial charge in [0.15, 0.2) is 0 Å². The zero-order valence-electron chi connectivity index (χ0n) is 19.8. The second-order valence-electron chi connectivity index (χ2n) is 8.17. The van der Waals surface area contributed by atoms with E-state index in [4.69, 9.17) is 5.11 Å². The van der Waals surface area contributed by atoms with Gasteiger partial charge >= 0.3 is 12.1 Å². The number of nitrogens with zero attached hydrogens (tertiary/aromatic N) is 2. The largest absolute Gasteiger partial charge is 0.481 e. The Morgan fingerprint density at radius 1 is 1.19 bits per heavy atom. The highest BCUT2D eigenvalue weighted by molar-refractivity contribution is 7.90. The number of alkyl halides is 3. The molecule has 36 heavy (non-hydrogen) atoms. The first-order valence-corrected chi connectivity index (χ1v) is 13.4. The van der Waals surface area contributed by atoms with Crippen LogP contribution in [-0.4, -0.2) is 34.2 Å². The summed E-state index contributed by atoms with van der Waals surface area (Å²) in [5.41, 5.74) is 1.08. The molecule has 1 N–H and O–H groups in total. The van der Waals surface area contributed by atoms with Crippen LogP contribution in [0.25, 0.3) is 27.2 Å². The molecule has 0 aliphatic carbocycles. The quantitative estimate of drug-likeness (QED) is 0.299. The Bertz CT molecular complexity index is 1520. The van der Waals surface area contributed by atoms with E-state index in [-0.39, 0.29) is 22.6 Å². The van der Waals surface area contributed by atoms with E-state index in [9.17, 15) is 26.4 Å². The van der Waals surface area contributed by atoms with Crippen molar-refractivity contribution in [2.45, 2.75) is 33.4 Å². The van der Waals surface area contributed by atoms with Gasteiger partial charge in [-0.05, 0) is 55.3 Å². The van der Waals surface area contributed by atoms with Crippen molar-refractivity contribution < 1.29 is 31.5 Å². The first kappa shape index (κ1) is 27.4. The second-order valence-corrected chi connectivity index (χ2v) is 11.3. The molecule has 2 aromatic heterocycles. The molecule has 4 rings (SSSR count). The van der Waals surface area contributed by atoms with Crippen molar-refractivity contribution in [2.75, 3.05) is 5.75 Å². The molecule has 1 atom stereocenters. The van der Waals surface area contributed by atoms with Gasteiger partial charge in [-0.2, -0.15) is 13.2 Å². The number of carbonyl (C=O) groups is 1. The predicted molar refractivity (Wildman–Crippen MR) is 137 cm³/mol. The number of aromatic nitrogens is 2. The van der Waals surface area contributed by atoms with Gasteiger partial charge in [0.1, 0.15) is 0 Å². The molecule has 0 amide bonds. The Morgan fingerprint density at radius 3 is 2.53 bits per heavy atom.